The van der Waals surface area contributed by atoms with E-state index in [0.717, 1.165) is 22.4 Å². The fraction of sp³-hybridized carbons (Fsp3) is 0.355. The molecule has 1 saturated heterocycles. The third-order valence-corrected chi connectivity index (χ3v) is 6.61. The van der Waals surface area contributed by atoms with Gasteiger partial charge in [0.2, 0.25) is 5.91 Å². The summed E-state index contributed by atoms with van der Waals surface area (Å²) in [5.41, 5.74) is 2.71. The highest BCUT2D eigenvalue weighted by Crippen LogP contribution is 2.22. The second kappa shape index (κ2) is 13.1. The molecule has 0 saturated carbocycles. The van der Waals surface area contributed by atoms with Crippen molar-refractivity contribution in [2.45, 2.75) is 58.4 Å². The van der Waals surface area contributed by atoms with Crippen LogP contribution in [0.15, 0.2) is 78.9 Å². The van der Waals surface area contributed by atoms with E-state index in [-0.39, 0.29) is 43.0 Å². The maximum Gasteiger partial charge on any atom is 0.410 e. The molecule has 38 heavy (non-hydrogen) atoms. The van der Waals surface area contributed by atoms with E-state index in [0.29, 0.717) is 32.5 Å². The third kappa shape index (κ3) is 7.81. The predicted octanol–water partition coefficient (Wildman–Crippen LogP) is 5.99. The fourth-order valence-corrected chi connectivity index (χ4v) is 4.61. The Hall–Kier alpha value is -3.87. The average molecular weight is 519 g/mol. The lowest BCUT2D eigenvalue weighted by molar-refractivity contribution is -0.134. The molecule has 0 aliphatic carbocycles. The minimum absolute atomic E-state index is 0.00282. The molecular formula is C31H35FN2O4. The van der Waals surface area contributed by atoms with Crippen LogP contribution in [0.25, 0.3) is 0 Å². The molecule has 0 atom stereocenters. The fourth-order valence-electron chi connectivity index (χ4n) is 4.61. The number of carbonyl (C=O) groups is 2. The van der Waals surface area contributed by atoms with E-state index in [1.807, 2.05) is 73.3 Å². The molecule has 0 bridgehead atoms. The SMILES string of the molecule is CC(C)Oc1ccc(CC(=O)N(Cc2ccc(F)cc2)C2CCN(C(=O)OCc3ccccc3)CC2)cc1. The number of benzene rings is 3. The van der Waals surface area contributed by atoms with Gasteiger partial charge in [0.15, 0.2) is 0 Å². The lowest BCUT2D eigenvalue weighted by Crippen LogP contribution is -2.49. The van der Waals surface area contributed by atoms with Gasteiger partial charge in [0.25, 0.3) is 0 Å². The van der Waals surface area contributed by atoms with Crippen molar-refractivity contribution < 1.29 is 23.5 Å². The van der Waals surface area contributed by atoms with Gasteiger partial charge >= 0.3 is 6.09 Å². The normalized spacial score (nSPS) is 13.8. The van der Waals surface area contributed by atoms with E-state index in [4.69, 9.17) is 9.47 Å². The summed E-state index contributed by atoms with van der Waals surface area (Å²) in [6.45, 7) is 5.57. The second-order valence-corrected chi connectivity index (χ2v) is 9.89. The molecule has 0 radical (unpaired) electrons. The summed E-state index contributed by atoms with van der Waals surface area (Å²) in [7, 11) is 0. The quantitative estimate of drug-likeness (QED) is 0.349. The van der Waals surface area contributed by atoms with E-state index in [2.05, 4.69) is 0 Å². The molecule has 3 aromatic rings. The van der Waals surface area contributed by atoms with Crippen molar-refractivity contribution in [2.24, 2.45) is 0 Å². The number of ether oxygens (including phenoxy) is 2. The van der Waals surface area contributed by atoms with E-state index >= 15 is 0 Å². The summed E-state index contributed by atoms with van der Waals surface area (Å²) in [6, 6.07) is 23.4. The van der Waals surface area contributed by atoms with Gasteiger partial charge in [-0.2, -0.15) is 0 Å². The van der Waals surface area contributed by atoms with Crippen molar-refractivity contribution in [3.05, 3.63) is 101 Å². The number of likely N-dealkylation sites (tertiary alicyclic amines) is 1. The molecule has 1 aliphatic heterocycles. The Morgan fingerprint density at radius 3 is 2.16 bits per heavy atom. The Bertz CT molecular complexity index is 1170. The summed E-state index contributed by atoms with van der Waals surface area (Å²) in [5.74, 6) is 0.459. The molecule has 0 unspecified atom stereocenters. The van der Waals surface area contributed by atoms with Gasteiger partial charge in [-0.3, -0.25) is 4.79 Å². The Morgan fingerprint density at radius 2 is 1.53 bits per heavy atom. The van der Waals surface area contributed by atoms with Gasteiger partial charge in [0.05, 0.1) is 12.5 Å². The highest BCUT2D eigenvalue weighted by Gasteiger charge is 2.30. The summed E-state index contributed by atoms with van der Waals surface area (Å²) in [6.07, 6.45) is 1.29. The summed E-state index contributed by atoms with van der Waals surface area (Å²) < 4.78 is 24.7. The minimum atomic E-state index is -0.340. The molecule has 200 valence electrons. The van der Waals surface area contributed by atoms with Gasteiger partial charge in [0.1, 0.15) is 18.2 Å². The smallest absolute Gasteiger partial charge is 0.410 e. The second-order valence-electron chi connectivity index (χ2n) is 9.89. The molecule has 4 rings (SSSR count). The Kier molecular flexibility index (Phi) is 9.35. The molecule has 0 aromatic heterocycles. The summed E-state index contributed by atoms with van der Waals surface area (Å²) >= 11 is 0. The Morgan fingerprint density at radius 1 is 0.895 bits per heavy atom. The van der Waals surface area contributed by atoms with E-state index in [9.17, 15) is 14.0 Å². The van der Waals surface area contributed by atoms with Gasteiger partial charge in [-0.15, -0.1) is 0 Å². The molecule has 0 spiro atoms. The monoisotopic (exact) mass is 518 g/mol. The van der Waals surface area contributed by atoms with Crippen LogP contribution in [0.3, 0.4) is 0 Å². The molecule has 2 amide bonds. The minimum Gasteiger partial charge on any atom is -0.491 e. The lowest BCUT2D eigenvalue weighted by atomic mass is 10.0. The number of amides is 2. The van der Waals surface area contributed by atoms with Gasteiger partial charge in [-0.1, -0.05) is 54.6 Å². The van der Waals surface area contributed by atoms with Crippen molar-refractivity contribution in [2.75, 3.05) is 13.1 Å². The van der Waals surface area contributed by atoms with Crippen LogP contribution in [0.4, 0.5) is 9.18 Å². The van der Waals surface area contributed by atoms with Gasteiger partial charge in [-0.05, 0) is 67.6 Å². The van der Waals surface area contributed by atoms with Gasteiger partial charge in [0, 0.05) is 25.7 Å². The topological polar surface area (TPSA) is 59.1 Å². The van der Waals surface area contributed by atoms with Crippen molar-refractivity contribution in [1.29, 1.82) is 0 Å². The van der Waals surface area contributed by atoms with Crippen molar-refractivity contribution >= 4 is 12.0 Å². The van der Waals surface area contributed by atoms with Crippen molar-refractivity contribution in [1.82, 2.24) is 9.80 Å². The van der Waals surface area contributed by atoms with Gasteiger partial charge in [-0.25, -0.2) is 9.18 Å². The largest absolute Gasteiger partial charge is 0.491 e. The molecular weight excluding hydrogens is 483 g/mol. The van der Waals surface area contributed by atoms with Crippen LogP contribution in [0.1, 0.15) is 43.4 Å². The van der Waals surface area contributed by atoms with E-state index in [1.54, 1.807) is 17.0 Å². The zero-order chi connectivity index (χ0) is 26.9. The molecule has 0 N–H and O–H groups in total. The van der Waals surface area contributed by atoms with Crippen LogP contribution in [-0.2, 0) is 29.1 Å². The van der Waals surface area contributed by atoms with Crippen LogP contribution < -0.4 is 4.74 Å². The number of rotatable bonds is 9. The zero-order valence-electron chi connectivity index (χ0n) is 22.0. The molecule has 7 heteroatoms. The summed E-state index contributed by atoms with van der Waals surface area (Å²) in [5, 5.41) is 0. The van der Waals surface area contributed by atoms with Gasteiger partial charge < -0.3 is 19.3 Å². The number of nitrogens with zero attached hydrogens (tertiary/aromatic N) is 2. The first-order chi connectivity index (χ1) is 18.4. The lowest BCUT2D eigenvalue weighted by Gasteiger charge is -2.38. The average Bonchev–Trinajstić information content (AvgIpc) is 2.93. The number of hydrogen-bond donors (Lipinski definition) is 0. The van der Waals surface area contributed by atoms with Crippen LogP contribution in [0.5, 0.6) is 5.75 Å². The number of piperidine rings is 1. The van der Waals surface area contributed by atoms with Crippen molar-refractivity contribution in [3.63, 3.8) is 0 Å². The van der Waals surface area contributed by atoms with E-state index < -0.39 is 0 Å². The molecule has 3 aromatic carbocycles. The summed E-state index contributed by atoms with van der Waals surface area (Å²) in [4.78, 5) is 29.7. The highest BCUT2D eigenvalue weighted by atomic mass is 19.1. The van der Waals surface area contributed by atoms with Crippen molar-refractivity contribution in [3.8, 4) is 5.75 Å². The highest BCUT2D eigenvalue weighted by molar-refractivity contribution is 5.79. The first kappa shape index (κ1) is 27.2. The number of carbonyl (C=O) groups excluding carboxylic acids is 2. The maximum atomic E-state index is 13.5. The van der Waals surface area contributed by atoms with Crippen LogP contribution in [0.2, 0.25) is 0 Å². The van der Waals surface area contributed by atoms with E-state index in [1.165, 1.54) is 12.1 Å². The standard InChI is InChI=1S/C31H35FN2O4/c1-23(2)38-29-14-10-24(11-15-29)20-30(35)34(21-25-8-12-27(32)13-9-25)28-16-18-33(19-17-28)31(36)37-22-26-6-4-3-5-7-26/h3-15,23,28H,16-22H2,1-2H3. The predicted molar refractivity (Wildman–Crippen MR) is 144 cm³/mol. The first-order valence-electron chi connectivity index (χ1n) is 13.1. The van der Waals surface area contributed by atoms with Crippen LogP contribution in [0, 0.1) is 5.82 Å². The third-order valence-electron chi connectivity index (χ3n) is 6.61. The Labute approximate surface area is 224 Å². The number of halogens is 1. The van der Waals surface area contributed by atoms with Crippen LogP contribution >= 0.6 is 0 Å². The first-order valence-corrected chi connectivity index (χ1v) is 13.1. The maximum absolute atomic E-state index is 13.5. The zero-order valence-corrected chi connectivity index (χ0v) is 22.0. The Balaban J connectivity index is 1.39. The number of hydrogen-bond acceptors (Lipinski definition) is 4. The molecule has 6 nitrogen and oxygen atoms in total. The molecule has 1 heterocycles. The molecule has 1 aliphatic rings. The molecule has 1 fully saturated rings. The van der Waals surface area contributed by atoms with Crippen LogP contribution in [-0.4, -0.2) is 47.0 Å².